The van der Waals surface area contributed by atoms with Crippen LogP contribution in [-0.2, 0) is 4.79 Å². The van der Waals surface area contributed by atoms with Crippen LogP contribution in [0, 0.1) is 11.8 Å². The molecule has 0 bridgehead atoms. The number of rotatable bonds is 6. The molecule has 4 atom stereocenters. The Morgan fingerprint density at radius 3 is 2.57 bits per heavy atom. The van der Waals surface area contributed by atoms with Crippen LogP contribution in [0.15, 0.2) is 71.8 Å². The van der Waals surface area contributed by atoms with Crippen molar-refractivity contribution in [1.29, 1.82) is 0 Å². The van der Waals surface area contributed by atoms with Crippen molar-refractivity contribution >= 4 is 22.4 Å². The Kier molecular flexibility index (Phi) is 6.87. The van der Waals surface area contributed by atoms with Crippen LogP contribution in [0.4, 0.5) is 0 Å². The lowest BCUT2D eigenvalue weighted by molar-refractivity contribution is -0.132. The molecule has 0 unspecified atom stereocenters. The van der Waals surface area contributed by atoms with Gasteiger partial charge in [-0.15, -0.1) is 0 Å². The maximum absolute atomic E-state index is 13.5. The van der Waals surface area contributed by atoms with Crippen molar-refractivity contribution in [2.45, 2.75) is 51.6 Å². The van der Waals surface area contributed by atoms with Crippen LogP contribution in [-0.4, -0.2) is 36.3 Å². The number of hydrazone groups is 1. The first-order chi connectivity index (χ1) is 17.0. The van der Waals surface area contributed by atoms with Gasteiger partial charge in [0.2, 0.25) is 0 Å². The van der Waals surface area contributed by atoms with Gasteiger partial charge in [0.15, 0.2) is 0 Å². The van der Waals surface area contributed by atoms with Gasteiger partial charge in [-0.25, -0.2) is 5.01 Å². The zero-order valence-corrected chi connectivity index (χ0v) is 20.9. The highest BCUT2D eigenvalue weighted by Crippen LogP contribution is 2.34. The summed E-state index contributed by atoms with van der Waals surface area (Å²) in [5.74, 6) is 2.09. The van der Waals surface area contributed by atoms with Crippen molar-refractivity contribution in [3.63, 3.8) is 0 Å². The molecule has 0 saturated heterocycles. The number of methoxy groups -OCH3 is 1. The topological polar surface area (TPSA) is 53.9 Å². The van der Waals surface area contributed by atoms with Gasteiger partial charge in [0.1, 0.15) is 5.75 Å². The van der Waals surface area contributed by atoms with E-state index in [0.717, 1.165) is 29.0 Å². The van der Waals surface area contributed by atoms with Gasteiger partial charge in [-0.2, -0.15) is 5.10 Å². The summed E-state index contributed by atoms with van der Waals surface area (Å²) in [5.41, 5.74) is 3.09. The number of carbonyl (C=O) groups is 1. The van der Waals surface area contributed by atoms with Crippen molar-refractivity contribution in [2.75, 3.05) is 13.7 Å². The van der Waals surface area contributed by atoms with E-state index in [4.69, 9.17) is 9.84 Å². The minimum Gasteiger partial charge on any atom is -0.497 e. The largest absolute Gasteiger partial charge is 0.497 e. The highest BCUT2D eigenvalue weighted by atomic mass is 16.5. The Morgan fingerprint density at radius 2 is 1.80 bits per heavy atom. The molecule has 1 N–H and O–H groups in total. The summed E-state index contributed by atoms with van der Waals surface area (Å²) in [7, 11) is 1.67. The van der Waals surface area contributed by atoms with Crippen LogP contribution < -0.4 is 10.1 Å². The van der Waals surface area contributed by atoms with Crippen molar-refractivity contribution in [3.05, 3.63) is 77.9 Å². The second-order valence-electron chi connectivity index (χ2n) is 10.1. The van der Waals surface area contributed by atoms with Crippen molar-refractivity contribution in [2.24, 2.45) is 16.9 Å². The van der Waals surface area contributed by atoms with Crippen LogP contribution in [0.3, 0.4) is 0 Å². The van der Waals surface area contributed by atoms with Gasteiger partial charge >= 0.3 is 0 Å². The summed E-state index contributed by atoms with van der Waals surface area (Å²) < 4.78 is 5.34. The Hall–Kier alpha value is -3.18. The van der Waals surface area contributed by atoms with E-state index in [1.807, 2.05) is 24.3 Å². The Labute approximate surface area is 208 Å². The molecule has 5 rings (SSSR count). The minimum atomic E-state index is -0.126. The third-order valence-electron chi connectivity index (χ3n) is 7.97. The van der Waals surface area contributed by atoms with Gasteiger partial charge in [0.25, 0.3) is 5.91 Å². The number of hydrogen-bond donors (Lipinski definition) is 1. The molecule has 35 heavy (non-hydrogen) atoms. The van der Waals surface area contributed by atoms with E-state index in [1.54, 1.807) is 12.1 Å². The molecular weight excluding hydrogens is 434 g/mol. The Morgan fingerprint density at radius 1 is 1.03 bits per heavy atom. The zero-order chi connectivity index (χ0) is 24.4. The molecule has 182 valence electrons. The van der Waals surface area contributed by atoms with Gasteiger partial charge in [0, 0.05) is 12.5 Å². The van der Waals surface area contributed by atoms with Crippen LogP contribution in [0.1, 0.15) is 56.7 Å². The minimum absolute atomic E-state index is 0.0204. The lowest BCUT2D eigenvalue weighted by Crippen LogP contribution is -2.45. The summed E-state index contributed by atoms with van der Waals surface area (Å²) in [5, 5.41) is 12.5. The summed E-state index contributed by atoms with van der Waals surface area (Å²) in [6, 6.07) is 23.0. The molecule has 0 aromatic heterocycles. The van der Waals surface area contributed by atoms with E-state index < -0.39 is 0 Å². The van der Waals surface area contributed by atoms with Crippen molar-refractivity contribution < 1.29 is 9.53 Å². The molecule has 1 fully saturated rings. The monoisotopic (exact) mass is 469 g/mol. The number of carbonyl (C=O) groups excluding carboxylic acids is 1. The molecular formula is C30H35N3O2. The van der Waals surface area contributed by atoms with Crippen LogP contribution in [0.5, 0.6) is 5.75 Å². The smallest absolute Gasteiger partial charge is 0.257 e. The molecule has 5 heteroatoms. The average Bonchev–Trinajstić information content (AvgIpc) is 3.35. The molecule has 1 aliphatic heterocycles. The van der Waals surface area contributed by atoms with E-state index in [-0.39, 0.29) is 11.9 Å². The van der Waals surface area contributed by atoms with Crippen molar-refractivity contribution in [3.8, 4) is 5.75 Å². The Bertz CT molecular complexity index is 1220. The first-order valence-electron chi connectivity index (χ1n) is 12.8. The fourth-order valence-corrected chi connectivity index (χ4v) is 5.54. The van der Waals surface area contributed by atoms with Gasteiger partial charge < -0.3 is 10.1 Å². The lowest BCUT2D eigenvalue weighted by Gasteiger charge is -2.35. The maximum Gasteiger partial charge on any atom is 0.257 e. The molecule has 5 nitrogen and oxygen atoms in total. The van der Waals surface area contributed by atoms with E-state index in [2.05, 4.69) is 61.6 Å². The third kappa shape index (κ3) is 4.96. The summed E-state index contributed by atoms with van der Waals surface area (Å²) in [4.78, 5) is 13.5. The van der Waals surface area contributed by atoms with Gasteiger partial charge in [0.05, 0.1) is 25.4 Å². The number of nitrogens with zero attached hydrogens (tertiary/aromatic N) is 2. The van der Waals surface area contributed by atoms with Gasteiger partial charge in [-0.05, 0) is 58.4 Å². The number of hydrogen-bond acceptors (Lipinski definition) is 4. The lowest BCUT2D eigenvalue weighted by atomic mass is 9.78. The fourth-order valence-electron chi connectivity index (χ4n) is 5.54. The van der Waals surface area contributed by atoms with Gasteiger partial charge in [-0.3, -0.25) is 4.79 Å². The number of benzene rings is 3. The zero-order valence-electron chi connectivity index (χ0n) is 20.9. The van der Waals surface area contributed by atoms with Gasteiger partial charge in [-0.1, -0.05) is 75.2 Å². The molecule has 1 heterocycles. The summed E-state index contributed by atoms with van der Waals surface area (Å²) >= 11 is 0. The fraction of sp³-hybridized carbons (Fsp3) is 0.400. The molecule has 3 aromatic rings. The normalized spacial score (nSPS) is 24.4. The molecule has 3 aromatic carbocycles. The first-order valence-corrected chi connectivity index (χ1v) is 12.8. The second kappa shape index (κ2) is 10.2. The number of ether oxygens (including phenoxy) is 1. The number of nitrogens with one attached hydrogen (secondary N) is 1. The highest BCUT2D eigenvalue weighted by Gasteiger charge is 2.34. The van der Waals surface area contributed by atoms with Crippen LogP contribution in [0.25, 0.3) is 10.8 Å². The van der Waals surface area contributed by atoms with E-state index >= 15 is 0 Å². The molecule has 1 aliphatic carbocycles. The quantitative estimate of drug-likeness (QED) is 0.486. The highest BCUT2D eigenvalue weighted by molar-refractivity contribution is 6.05. The standard InChI is InChI=1S/C30H35N3O2/c1-20-7-6-10-27(21(20)2)31-19-30(34)33-29(23-13-15-26(35-3)16-14-23)18-28(32-33)25-12-11-22-8-4-5-9-24(22)17-25/h4-5,8-9,11-17,20-21,27,29,31H,6-7,10,18-19H2,1-3H3/t20-,21-,27+,29-/m0/s1. The number of fused-ring (bicyclic) bond motifs is 1. The molecule has 1 amide bonds. The van der Waals surface area contributed by atoms with Crippen LogP contribution in [0.2, 0.25) is 0 Å². The van der Waals surface area contributed by atoms with E-state index in [1.165, 1.54) is 23.6 Å². The maximum atomic E-state index is 13.5. The molecule has 1 saturated carbocycles. The predicted octanol–water partition coefficient (Wildman–Crippen LogP) is 5.94. The molecule has 2 aliphatic rings. The summed E-state index contributed by atoms with van der Waals surface area (Å²) in [6.45, 7) is 4.93. The first kappa shape index (κ1) is 23.6. The average molecular weight is 470 g/mol. The second-order valence-corrected chi connectivity index (χ2v) is 10.1. The third-order valence-corrected chi connectivity index (χ3v) is 7.97. The number of amides is 1. The molecule has 0 spiro atoms. The Balaban J connectivity index is 1.40. The SMILES string of the molecule is COc1ccc([C@@H]2CC(c3ccc4ccccc4c3)=NN2C(=O)CN[C@@H]2CCC[C@H](C)[C@@H]2C)cc1. The van der Waals surface area contributed by atoms with E-state index in [9.17, 15) is 4.79 Å². The summed E-state index contributed by atoms with van der Waals surface area (Å²) in [6.07, 6.45) is 4.32. The van der Waals surface area contributed by atoms with Crippen LogP contribution >= 0.6 is 0 Å². The van der Waals surface area contributed by atoms with E-state index in [0.29, 0.717) is 30.8 Å². The predicted molar refractivity (Wildman–Crippen MR) is 142 cm³/mol. The van der Waals surface area contributed by atoms with Crippen molar-refractivity contribution in [1.82, 2.24) is 10.3 Å². The molecule has 0 radical (unpaired) electrons.